The Morgan fingerprint density at radius 3 is 2.52 bits per heavy atom. The second kappa shape index (κ2) is 6.58. The van der Waals surface area contributed by atoms with Crippen LogP contribution in [0.25, 0.3) is 0 Å². The van der Waals surface area contributed by atoms with Gasteiger partial charge in [-0.3, -0.25) is 4.79 Å². The number of nitrogens with one attached hydrogen (secondary N) is 1. The molecule has 1 saturated carbocycles. The Morgan fingerprint density at radius 1 is 1.30 bits per heavy atom. The number of allylic oxidation sites excluding steroid dienone is 2. The molecule has 1 amide bonds. The maximum atomic E-state index is 12.6. The van der Waals surface area contributed by atoms with Crippen molar-refractivity contribution in [2.24, 2.45) is 28.6 Å². The van der Waals surface area contributed by atoms with Gasteiger partial charge in [0.15, 0.2) is 0 Å². The van der Waals surface area contributed by atoms with Gasteiger partial charge in [-0.05, 0) is 43.4 Å². The summed E-state index contributed by atoms with van der Waals surface area (Å²) in [4.78, 5) is 12.6. The van der Waals surface area contributed by atoms with E-state index >= 15 is 0 Å². The summed E-state index contributed by atoms with van der Waals surface area (Å²) in [6.07, 6.45) is 4.74. The predicted octanol–water partition coefficient (Wildman–Crippen LogP) is 4.18. The lowest BCUT2D eigenvalue weighted by Gasteiger charge is -2.40. The van der Waals surface area contributed by atoms with E-state index in [9.17, 15) is 4.79 Å². The lowest BCUT2D eigenvalue weighted by atomic mass is 9.78. The van der Waals surface area contributed by atoms with Gasteiger partial charge in [-0.1, -0.05) is 46.3 Å². The minimum atomic E-state index is 0.0911. The van der Waals surface area contributed by atoms with Crippen LogP contribution in [0, 0.1) is 28.6 Å². The van der Waals surface area contributed by atoms with Gasteiger partial charge in [0, 0.05) is 19.1 Å². The second-order valence-electron chi connectivity index (χ2n) is 9.37. The number of amides is 1. The molecule has 1 aliphatic heterocycles. The molecule has 3 heteroatoms. The van der Waals surface area contributed by atoms with Crippen LogP contribution in [-0.2, 0) is 9.53 Å². The fourth-order valence-corrected chi connectivity index (χ4v) is 4.20. The molecule has 1 aliphatic carbocycles. The molecule has 4 atom stereocenters. The summed E-state index contributed by atoms with van der Waals surface area (Å²) in [5, 5.41) is 3.23. The molecule has 3 nitrogen and oxygen atoms in total. The zero-order valence-electron chi connectivity index (χ0n) is 16.0. The largest absolute Gasteiger partial charge is 0.377 e. The summed E-state index contributed by atoms with van der Waals surface area (Å²) < 4.78 is 6.02. The molecule has 1 N–H and O–H groups in total. The number of ether oxygens (including phenoxy) is 1. The normalized spacial score (nSPS) is 33.0. The monoisotopic (exact) mass is 321 g/mol. The summed E-state index contributed by atoms with van der Waals surface area (Å²) in [6.45, 7) is 16.9. The Balaban J connectivity index is 1.93. The third-order valence-electron chi connectivity index (χ3n) is 5.54. The van der Waals surface area contributed by atoms with E-state index in [1.165, 1.54) is 5.57 Å². The Labute approximate surface area is 142 Å². The first-order chi connectivity index (χ1) is 10.5. The van der Waals surface area contributed by atoms with Gasteiger partial charge in [-0.2, -0.15) is 0 Å². The van der Waals surface area contributed by atoms with E-state index < -0.39 is 0 Å². The van der Waals surface area contributed by atoms with Crippen molar-refractivity contribution in [3.63, 3.8) is 0 Å². The van der Waals surface area contributed by atoms with Crippen LogP contribution in [0.15, 0.2) is 11.6 Å². The highest BCUT2D eigenvalue weighted by Crippen LogP contribution is 2.59. The molecule has 0 aromatic rings. The Kier molecular flexibility index (Phi) is 5.30. The summed E-state index contributed by atoms with van der Waals surface area (Å²) in [5.41, 5.74) is 1.51. The quantitative estimate of drug-likeness (QED) is 0.789. The standard InChI is InChI=1S/C20H35NO2/c1-13(2)11-15-16(20(15,6)7)18(22)21-12-14-9-8-10-23-17(14)19(3,4)5/h11,14-17H,8-10,12H2,1-7H3,(H,21,22)/t14-,15-,16-,17+/m1/s1. The minimum Gasteiger partial charge on any atom is -0.377 e. The summed E-state index contributed by atoms with van der Waals surface area (Å²) in [5.74, 6) is 1.15. The maximum Gasteiger partial charge on any atom is 0.224 e. The molecular formula is C20H35NO2. The topological polar surface area (TPSA) is 38.3 Å². The van der Waals surface area contributed by atoms with Crippen molar-refractivity contribution in [1.29, 1.82) is 0 Å². The zero-order valence-corrected chi connectivity index (χ0v) is 16.0. The zero-order chi connectivity index (χ0) is 17.4. The molecule has 2 aliphatic rings. The van der Waals surface area contributed by atoms with Crippen LogP contribution in [0.5, 0.6) is 0 Å². The fraction of sp³-hybridized carbons (Fsp3) is 0.850. The summed E-state index contributed by atoms with van der Waals surface area (Å²) in [6, 6.07) is 0. The van der Waals surface area contributed by atoms with Crippen LogP contribution in [0.4, 0.5) is 0 Å². The van der Waals surface area contributed by atoms with Gasteiger partial charge >= 0.3 is 0 Å². The van der Waals surface area contributed by atoms with Gasteiger partial charge in [0.1, 0.15) is 0 Å². The van der Waals surface area contributed by atoms with Crippen molar-refractivity contribution in [3.05, 3.63) is 11.6 Å². The van der Waals surface area contributed by atoms with Crippen LogP contribution >= 0.6 is 0 Å². The van der Waals surface area contributed by atoms with Crippen LogP contribution < -0.4 is 5.32 Å². The van der Waals surface area contributed by atoms with Crippen molar-refractivity contribution in [1.82, 2.24) is 5.32 Å². The maximum absolute atomic E-state index is 12.6. The van der Waals surface area contributed by atoms with E-state index in [1.807, 2.05) is 0 Å². The lowest BCUT2D eigenvalue weighted by molar-refractivity contribution is -0.125. The summed E-state index contributed by atoms with van der Waals surface area (Å²) >= 11 is 0. The van der Waals surface area contributed by atoms with Crippen LogP contribution in [0.2, 0.25) is 0 Å². The van der Waals surface area contributed by atoms with E-state index in [-0.39, 0.29) is 28.8 Å². The third kappa shape index (κ3) is 4.17. The molecule has 2 fully saturated rings. The van der Waals surface area contributed by atoms with Crippen molar-refractivity contribution in [3.8, 4) is 0 Å². The molecular weight excluding hydrogens is 286 g/mol. The van der Waals surface area contributed by atoms with E-state index in [1.54, 1.807) is 0 Å². The predicted molar refractivity (Wildman–Crippen MR) is 95.1 cm³/mol. The van der Waals surface area contributed by atoms with Crippen molar-refractivity contribution in [2.45, 2.75) is 67.4 Å². The number of hydrogen-bond donors (Lipinski definition) is 1. The molecule has 0 unspecified atom stereocenters. The second-order valence-corrected chi connectivity index (χ2v) is 9.37. The summed E-state index contributed by atoms with van der Waals surface area (Å²) in [7, 11) is 0. The highest BCUT2D eigenvalue weighted by atomic mass is 16.5. The molecule has 0 spiro atoms. The van der Waals surface area contributed by atoms with E-state index in [2.05, 4.69) is 59.9 Å². The fourth-order valence-electron chi connectivity index (χ4n) is 4.20. The van der Waals surface area contributed by atoms with Gasteiger partial charge in [0.2, 0.25) is 5.91 Å². The molecule has 0 aromatic carbocycles. The van der Waals surface area contributed by atoms with Crippen LogP contribution in [0.1, 0.15) is 61.3 Å². The number of carbonyl (C=O) groups excluding carboxylic acids is 1. The molecule has 2 rings (SSSR count). The van der Waals surface area contributed by atoms with Crippen molar-refractivity contribution in [2.75, 3.05) is 13.2 Å². The molecule has 1 saturated heterocycles. The first-order valence-electron chi connectivity index (χ1n) is 9.09. The molecule has 0 bridgehead atoms. The molecule has 0 radical (unpaired) electrons. The Bertz CT molecular complexity index is 469. The average Bonchev–Trinajstić information content (AvgIpc) is 2.95. The van der Waals surface area contributed by atoms with Gasteiger partial charge in [-0.15, -0.1) is 0 Å². The first kappa shape index (κ1) is 18.5. The van der Waals surface area contributed by atoms with Gasteiger partial charge in [-0.25, -0.2) is 0 Å². The van der Waals surface area contributed by atoms with Crippen molar-refractivity contribution < 1.29 is 9.53 Å². The van der Waals surface area contributed by atoms with Crippen LogP contribution in [0.3, 0.4) is 0 Å². The Hall–Kier alpha value is -0.830. The van der Waals surface area contributed by atoms with E-state index in [4.69, 9.17) is 4.74 Å². The average molecular weight is 322 g/mol. The van der Waals surface area contributed by atoms with Gasteiger partial charge in [0.05, 0.1) is 12.0 Å². The van der Waals surface area contributed by atoms with E-state index in [0.717, 1.165) is 26.0 Å². The Morgan fingerprint density at radius 2 is 1.96 bits per heavy atom. The highest BCUT2D eigenvalue weighted by Gasteiger charge is 2.60. The molecule has 23 heavy (non-hydrogen) atoms. The third-order valence-corrected chi connectivity index (χ3v) is 5.54. The molecule has 132 valence electrons. The van der Waals surface area contributed by atoms with Gasteiger partial charge in [0.25, 0.3) is 0 Å². The van der Waals surface area contributed by atoms with Gasteiger partial charge < -0.3 is 10.1 Å². The number of carbonyl (C=O) groups is 1. The first-order valence-corrected chi connectivity index (χ1v) is 9.09. The number of rotatable bonds is 4. The van der Waals surface area contributed by atoms with Crippen LogP contribution in [-0.4, -0.2) is 25.2 Å². The minimum absolute atomic E-state index is 0.0911. The molecule has 0 aromatic heterocycles. The highest BCUT2D eigenvalue weighted by molar-refractivity contribution is 5.83. The smallest absolute Gasteiger partial charge is 0.224 e. The van der Waals surface area contributed by atoms with E-state index in [0.29, 0.717) is 11.8 Å². The molecule has 1 heterocycles. The lowest BCUT2D eigenvalue weighted by Crippen LogP contribution is -2.45. The van der Waals surface area contributed by atoms with Crippen molar-refractivity contribution >= 4 is 5.91 Å². The number of hydrogen-bond acceptors (Lipinski definition) is 2. The SMILES string of the molecule is CC(C)=C[C@@H]1[C@H](C(=O)NC[C@H]2CCCO[C@@H]2C(C)(C)C)C1(C)C.